The van der Waals surface area contributed by atoms with E-state index in [-0.39, 0.29) is 4.59 Å². The standard InChI is InChI=1S/C14H17BrN2O2S/c1-14(2,3)19-13(18)16-17(8-9-20-10-17)12-6-4-11(15)5-7-12/h4-9H,10H2,1-3H3/p+1. The lowest BCUT2D eigenvalue weighted by molar-refractivity contribution is 0.0420. The predicted molar refractivity (Wildman–Crippen MR) is 86.9 cm³/mol. The van der Waals surface area contributed by atoms with Crippen LogP contribution in [0.3, 0.4) is 0 Å². The summed E-state index contributed by atoms with van der Waals surface area (Å²) in [6.07, 6.45) is 1.53. The number of hydrogen-bond acceptors (Lipinski definition) is 3. The van der Waals surface area contributed by atoms with Gasteiger partial charge in [0.1, 0.15) is 11.8 Å². The summed E-state index contributed by atoms with van der Waals surface area (Å²) in [5.41, 5.74) is 3.41. The largest absolute Gasteiger partial charge is 0.453 e. The highest BCUT2D eigenvalue weighted by Gasteiger charge is 2.36. The van der Waals surface area contributed by atoms with Crippen LogP contribution in [-0.4, -0.2) is 17.6 Å². The summed E-state index contributed by atoms with van der Waals surface area (Å²) >= 11 is 5.07. The van der Waals surface area contributed by atoms with Crippen molar-refractivity contribution in [2.75, 3.05) is 5.88 Å². The first-order valence-electron chi connectivity index (χ1n) is 6.25. The predicted octanol–water partition coefficient (Wildman–Crippen LogP) is 4.37. The number of rotatable bonds is 2. The van der Waals surface area contributed by atoms with Gasteiger partial charge in [0.25, 0.3) is 0 Å². The average molecular weight is 358 g/mol. The molecule has 0 saturated carbocycles. The van der Waals surface area contributed by atoms with Crippen LogP contribution in [0, 0.1) is 0 Å². The molecule has 6 heteroatoms. The molecule has 0 fully saturated rings. The van der Waals surface area contributed by atoms with E-state index in [0.29, 0.717) is 5.88 Å². The van der Waals surface area contributed by atoms with Crippen LogP contribution in [0.4, 0.5) is 10.5 Å². The molecule has 0 radical (unpaired) electrons. The molecule has 0 bridgehead atoms. The van der Waals surface area contributed by atoms with Gasteiger partial charge in [-0.15, -0.1) is 0 Å². The minimum absolute atomic E-state index is 0.257. The fourth-order valence-electron chi connectivity index (χ4n) is 1.82. The average Bonchev–Trinajstić information content (AvgIpc) is 2.76. The fraction of sp³-hybridized carbons (Fsp3) is 0.357. The summed E-state index contributed by atoms with van der Waals surface area (Å²) in [6.45, 7) is 5.56. The van der Waals surface area contributed by atoms with Crippen molar-refractivity contribution in [2.45, 2.75) is 26.4 Å². The van der Waals surface area contributed by atoms with E-state index in [9.17, 15) is 4.79 Å². The van der Waals surface area contributed by atoms with E-state index >= 15 is 0 Å². The maximum absolute atomic E-state index is 12.1. The molecule has 1 amide bonds. The first kappa shape index (κ1) is 15.4. The maximum Gasteiger partial charge on any atom is 0.453 e. The van der Waals surface area contributed by atoms with Crippen LogP contribution in [0.2, 0.25) is 0 Å². The van der Waals surface area contributed by atoms with Crippen molar-refractivity contribution in [3.05, 3.63) is 40.3 Å². The quantitative estimate of drug-likeness (QED) is 0.798. The Bertz CT molecular complexity index is 525. The van der Waals surface area contributed by atoms with Gasteiger partial charge in [-0.1, -0.05) is 27.7 Å². The number of quaternary nitrogens is 1. The van der Waals surface area contributed by atoms with Gasteiger partial charge in [0.2, 0.25) is 0 Å². The van der Waals surface area contributed by atoms with E-state index in [1.807, 2.05) is 56.6 Å². The van der Waals surface area contributed by atoms with E-state index in [2.05, 4.69) is 21.4 Å². The van der Waals surface area contributed by atoms with E-state index in [0.717, 1.165) is 10.2 Å². The zero-order chi connectivity index (χ0) is 14.8. The molecule has 20 heavy (non-hydrogen) atoms. The highest BCUT2D eigenvalue weighted by Crippen LogP contribution is 2.31. The van der Waals surface area contributed by atoms with Crippen molar-refractivity contribution in [3.8, 4) is 0 Å². The summed E-state index contributed by atoms with van der Waals surface area (Å²) in [5, 5.41) is 1.99. The minimum atomic E-state index is -0.510. The Labute approximate surface area is 131 Å². The van der Waals surface area contributed by atoms with Gasteiger partial charge in [-0.05, 0) is 32.9 Å². The monoisotopic (exact) mass is 357 g/mol. The lowest BCUT2D eigenvalue weighted by Gasteiger charge is -2.30. The molecule has 1 aliphatic heterocycles. The van der Waals surface area contributed by atoms with Crippen molar-refractivity contribution in [3.63, 3.8) is 0 Å². The lowest BCUT2D eigenvalue weighted by atomic mass is 10.2. The number of halogens is 1. The van der Waals surface area contributed by atoms with Crippen LogP contribution in [0.1, 0.15) is 20.8 Å². The number of thioether (sulfide) groups is 1. The van der Waals surface area contributed by atoms with Gasteiger partial charge in [0.15, 0.2) is 11.6 Å². The number of carbonyl (C=O) groups excluding carboxylic acids is 1. The van der Waals surface area contributed by atoms with Crippen molar-refractivity contribution >= 4 is 39.5 Å². The first-order valence-corrected chi connectivity index (χ1v) is 8.09. The third kappa shape index (κ3) is 3.77. The SMILES string of the molecule is CC(C)(C)OC(=O)N[N+]1(c2ccc(Br)cc2)C=CSC1. The third-order valence-electron chi connectivity index (χ3n) is 2.67. The first-order chi connectivity index (χ1) is 9.31. The molecule has 4 nitrogen and oxygen atoms in total. The Hall–Kier alpha value is -0.980. The number of hydrogen-bond donors (Lipinski definition) is 1. The van der Waals surface area contributed by atoms with Crippen LogP contribution in [0.25, 0.3) is 0 Å². The zero-order valence-electron chi connectivity index (χ0n) is 11.7. The van der Waals surface area contributed by atoms with Gasteiger partial charge in [-0.3, -0.25) is 0 Å². The van der Waals surface area contributed by atoms with Crippen molar-refractivity contribution in [2.24, 2.45) is 0 Å². The number of benzene rings is 1. The van der Waals surface area contributed by atoms with Gasteiger partial charge >= 0.3 is 6.09 Å². The summed E-state index contributed by atoms with van der Waals surface area (Å²) < 4.78 is 6.62. The summed E-state index contributed by atoms with van der Waals surface area (Å²) in [7, 11) is 0. The molecule has 1 heterocycles. The molecular formula is C14H18BrN2O2S+. The Morgan fingerprint density at radius 1 is 1.35 bits per heavy atom. The molecule has 2 rings (SSSR count). The summed E-state index contributed by atoms with van der Waals surface area (Å²) in [4.78, 5) is 12.1. The van der Waals surface area contributed by atoms with Crippen molar-refractivity contribution < 1.29 is 9.53 Å². The minimum Gasteiger partial charge on any atom is -0.441 e. The molecule has 1 N–H and O–H groups in total. The highest BCUT2D eigenvalue weighted by molar-refractivity contribution is 9.10. The van der Waals surface area contributed by atoms with Crippen LogP contribution < -0.4 is 10.0 Å². The number of nitrogens with one attached hydrogen (secondary N) is 1. The maximum atomic E-state index is 12.1. The van der Waals surface area contributed by atoms with Crippen LogP contribution >= 0.6 is 27.7 Å². The number of ether oxygens (including phenoxy) is 1. The Morgan fingerprint density at radius 2 is 2.00 bits per heavy atom. The zero-order valence-corrected chi connectivity index (χ0v) is 14.1. The van der Waals surface area contributed by atoms with Gasteiger partial charge in [-0.25, -0.2) is 4.79 Å². The van der Waals surface area contributed by atoms with Crippen LogP contribution in [0.5, 0.6) is 0 Å². The molecule has 1 aromatic carbocycles. The van der Waals surface area contributed by atoms with Crippen molar-refractivity contribution in [1.82, 2.24) is 10.0 Å². The normalized spacial score (nSPS) is 21.8. The molecule has 0 aromatic heterocycles. The lowest BCUT2D eigenvalue weighted by Crippen LogP contribution is -2.57. The molecule has 1 atom stereocenters. The molecular weight excluding hydrogens is 340 g/mol. The molecule has 0 aliphatic carbocycles. The van der Waals surface area contributed by atoms with Gasteiger partial charge in [0, 0.05) is 22.0 Å². The van der Waals surface area contributed by atoms with E-state index in [1.54, 1.807) is 11.8 Å². The molecule has 1 aromatic rings. The van der Waals surface area contributed by atoms with Gasteiger partial charge in [-0.2, -0.15) is 10.0 Å². The van der Waals surface area contributed by atoms with E-state index in [4.69, 9.17) is 4.74 Å². The van der Waals surface area contributed by atoms with Crippen LogP contribution in [-0.2, 0) is 4.74 Å². The smallest absolute Gasteiger partial charge is 0.441 e. The highest BCUT2D eigenvalue weighted by atomic mass is 79.9. The third-order valence-corrected chi connectivity index (χ3v) is 4.07. The Kier molecular flexibility index (Phi) is 4.46. The topological polar surface area (TPSA) is 38.3 Å². The molecule has 0 spiro atoms. The Morgan fingerprint density at radius 3 is 2.50 bits per heavy atom. The summed E-state index contributed by atoms with van der Waals surface area (Å²) in [6, 6.07) is 7.89. The second-order valence-corrected chi connectivity index (χ2v) is 7.32. The van der Waals surface area contributed by atoms with E-state index in [1.165, 1.54) is 0 Å². The van der Waals surface area contributed by atoms with E-state index < -0.39 is 11.7 Å². The van der Waals surface area contributed by atoms with Crippen molar-refractivity contribution in [1.29, 1.82) is 0 Å². The Balaban J connectivity index is 2.21. The second kappa shape index (κ2) is 5.79. The van der Waals surface area contributed by atoms with Crippen LogP contribution in [0.15, 0.2) is 40.3 Å². The number of nitrogens with zero attached hydrogens (tertiary/aromatic N) is 1. The number of amides is 1. The fourth-order valence-corrected chi connectivity index (χ4v) is 3.00. The molecule has 108 valence electrons. The van der Waals surface area contributed by atoms with Gasteiger partial charge < -0.3 is 4.74 Å². The molecule has 0 saturated heterocycles. The summed E-state index contributed by atoms with van der Waals surface area (Å²) in [5.74, 6) is 0.709. The molecule has 1 aliphatic rings. The molecule has 1 unspecified atom stereocenters. The van der Waals surface area contributed by atoms with Gasteiger partial charge in [0.05, 0.1) is 0 Å². The second-order valence-electron chi connectivity index (χ2n) is 5.54. The number of carbonyl (C=O) groups is 1.